The lowest BCUT2D eigenvalue weighted by molar-refractivity contribution is 0.398. The second-order valence-electron chi connectivity index (χ2n) is 4.95. The van der Waals surface area contributed by atoms with E-state index in [1.54, 1.807) is 16.7 Å². The van der Waals surface area contributed by atoms with Gasteiger partial charge in [0.1, 0.15) is 5.52 Å². The molecule has 1 saturated heterocycles. The average molecular weight is 296 g/mol. The molecule has 3 rings (SSSR count). The van der Waals surface area contributed by atoms with Crippen LogP contribution in [0.15, 0.2) is 12.1 Å². The fourth-order valence-corrected chi connectivity index (χ4v) is 4.33. The van der Waals surface area contributed by atoms with Crippen LogP contribution in [0, 0.1) is 0 Å². The van der Waals surface area contributed by atoms with Crippen molar-refractivity contribution in [3.05, 3.63) is 12.1 Å². The fraction of sp³-hybridized carbons (Fsp3) is 0.500. The van der Waals surface area contributed by atoms with Gasteiger partial charge in [-0.1, -0.05) is 0 Å². The molecule has 3 heterocycles. The summed E-state index contributed by atoms with van der Waals surface area (Å²) in [5, 5.41) is 0. The monoisotopic (exact) mass is 296 g/mol. The number of nitrogens with zero attached hydrogens (tertiary/aromatic N) is 3. The van der Waals surface area contributed by atoms with E-state index >= 15 is 0 Å². The van der Waals surface area contributed by atoms with Crippen LogP contribution in [0.25, 0.3) is 11.2 Å². The molecule has 1 unspecified atom stereocenters. The Labute approximate surface area is 116 Å². The Morgan fingerprint density at radius 1 is 1.40 bits per heavy atom. The summed E-state index contributed by atoms with van der Waals surface area (Å²) in [7, 11) is -1.49. The van der Waals surface area contributed by atoms with Crippen LogP contribution < -0.4 is 10.5 Å². The smallest absolute Gasteiger partial charge is 0.215 e. The van der Waals surface area contributed by atoms with Crippen LogP contribution in [0.2, 0.25) is 0 Å². The van der Waals surface area contributed by atoms with Gasteiger partial charge < -0.3 is 10.5 Å². The van der Waals surface area contributed by atoms with E-state index in [0.717, 1.165) is 6.42 Å². The van der Waals surface area contributed by atoms with Gasteiger partial charge in [-0.15, -0.1) is 0 Å². The average Bonchev–Trinajstić information content (AvgIpc) is 2.72. The first-order valence-corrected chi connectivity index (χ1v) is 8.21. The minimum absolute atomic E-state index is 0.0849. The summed E-state index contributed by atoms with van der Waals surface area (Å²) in [6.07, 6.45) is 1.39. The van der Waals surface area contributed by atoms with Gasteiger partial charge in [0.25, 0.3) is 0 Å². The highest BCUT2D eigenvalue weighted by Crippen LogP contribution is 2.30. The quantitative estimate of drug-likeness (QED) is 0.878. The third kappa shape index (κ3) is 2.20. The Hall–Kier alpha value is -1.83. The molecule has 8 heteroatoms. The van der Waals surface area contributed by atoms with Gasteiger partial charge >= 0.3 is 0 Å². The third-order valence-electron chi connectivity index (χ3n) is 3.55. The van der Waals surface area contributed by atoms with Gasteiger partial charge in [-0.05, 0) is 18.9 Å². The number of methoxy groups -OCH3 is 1. The summed E-state index contributed by atoms with van der Waals surface area (Å²) in [6, 6.07) is 3.26. The molecule has 108 valence electrons. The Kier molecular flexibility index (Phi) is 3.04. The van der Waals surface area contributed by atoms with E-state index in [4.69, 9.17) is 10.5 Å². The Bertz CT molecular complexity index is 753. The van der Waals surface area contributed by atoms with Crippen molar-refractivity contribution in [2.24, 2.45) is 0 Å². The molecule has 0 saturated carbocycles. The van der Waals surface area contributed by atoms with Crippen molar-refractivity contribution in [3.8, 4) is 5.88 Å². The van der Waals surface area contributed by atoms with Crippen LogP contribution in [0.3, 0.4) is 0 Å². The zero-order chi connectivity index (χ0) is 14.3. The lowest BCUT2D eigenvalue weighted by Gasteiger charge is -2.24. The van der Waals surface area contributed by atoms with E-state index < -0.39 is 9.84 Å². The summed E-state index contributed by atoms with van der Waals surface area (Å²) < 4.78 is 30.4. The van der Waals surface area contributed by atoms with E-state index in [9.17, 15) is 8.42 Å². The van der Waals surface area contributed by atoms with Gasteiger partial charge in [-0.2, -0.15) is 4.98 Å². The highest BCUT2D eigenvalue weighted by atomic mass is 32.2. The number of anilines is 1. The number of fused-ring (bicyclic) bond motifs is 1. The van der Waals surface area contributed by atoms with Gasteiger partial charge in [0.15, 0.2) is 15.5 Å². The van der Waals surface area contributed by atoms with Crippen LogP contribution in [0.4, 0.5) is 5.95 Å². The molecule has 0 aliphatic carbocycles. The highest BCUT2D eigenvalue weighted by molar-refractivity contribution is 7.91. The van der Waals surface area contributed by atoms with E-state index in [-0.39, 0.29) is 17.5 Å². The standard InChI is InChI=1S/C12H16N4O3S/c1-19-10-5-4-9-11(15-10)16(12(13)14-9)8-3-2-6-20(17,18)7-8/h4-5,8H,2-3,6-7H2,1H3,(H2,13,14). The maximum Gasteiger partial charge on any atom is 0.215 e. The third-order valence-corrected chi connectivity index (χ3v) is 5.36. The summed E-state index contributed by atoms with van der Waals surface area (Å²) >= 11 is 0. The molecule has 2 aromatic heterocycles. The maximum absolute atomic E-state index is 11.8. The number of hydrogen-bond donors (Lipinski definition) is 1. The number of nitrogen functional groups attached to an aromatic ring is 1. The molecular weight excluding hydrogens is 280 g/mol. The number of imidazole rings is 1. The molecule has 1 fully saturated rings. The molecule has 0 bridgehead atoms. The zero-order valence-electron chi connectivity index (χ0n) is 11.1. The van der Waals surface area contributed by atoms with Gasteiger partial charge in [0.2, 0.25) is 11.8 Å². The van der Waals surface area contributed by atoms with E-state index in [1.165, 1.54) is 7.11 Å². The molecule has 2 aromatic rings. The molecule has 1 aliphatic heterocycles. The molecule has 0 aromatic carbocycles. The van der Waals surface area contributed by atoms with E-state index in [0.29, 0.717) is 29.4 Å². The summed E-state index contributed by atoms with van der Waals surface area (Å²) in [6.45, 7) is 0. The van der Waals surface area contributed by atoms with Crippen molar-refractivity contribution in [3.63, 3.8) is 0 Å². The number of aromatic nitrogens is 3. The Morgan fingerprint density at radius 2 is 2.20 bits per heavy atom. The predicted molar refractivity (Wildman–Crippen MR) is 75.4 cm³/mol. The minimum atomic E-state index is -3.02. The fourth-order valence-electron chi connectivity index (χ4n) is 2.65. The second-order valence-corrected chi connectivity index (χ2v) is 7.18. The van der Waals surface area contributed by atoms with Crippen LogP contribution in [0.1, 0.15) is 18.9 Å². The number of hydrogen-bond acceptors (Lipinski definition) is 6. The summed E-state index contributed by atoms with van der Waals surface area (Å²) in [5.41, 5.74) is 7.16. The van der Waals surface area contributed by atoms with Crippen molar-refractivity contribution >= 4 is 26.9 Å². The summed E-state index contributed by atoms with van der Waals surface area (Å²) in [5.74, 6) is 1.08. The predicted octanol–water partition coefficient (Wildman–Crippen LogP) is 0.772. The van der Waals surface area contributed by atoms with Gasteiger partial charge in [-0.3, -0.25) is 4.57 Å². The number of sulfone groups is 1. The minimum Gasteiger partial charge on any atom is -0.481 e. The van der Waals surface area contributed by atoms with Gasteiger partial charge in [0, 0.05) is 6.07 Å². The first kappa shape index (κ1) is 13.2. The van der Waals surface area contributed by atoms with Crippen LogP contribution in [0.5, 0.6) is 5.88 Å². The first-order chi connectivity index (χ1) is 9.50. The molecule has 1 atom stereocenters. The van der Waals surface area contributed by atoms with Gasteiger partial charge in [-0.25, -0.2) is 13.4 Å². The normalized spacial score (nSPS) is 21.9. The topological polar surface area (TPSA) is 100 Å². The maximum atomic E-state index is 11.8. The van der Waals surface area contributed by atoms with Crippen molar-refractivity contribution in [2.75, 3.05) is 24.3 Å². The van der Waals surface area contributed by atoms with E-state index in [1.807, 2.05) is 0 Å². The summed E-state index contributed by atoms with van der Waals surface area (Å²) in [4.78, 5) is 8.58. The second kappa shape index (κ2) is 4.62. The molecule has 0 amide bonds. The molecular formula is C12H16N4O3S. The molecule has 7 nitrogen and oxygen atoms in total. The SMILES string of the molecule is COc1ccc2nc(N)n(C3CCCS(=O)(=O)C3)c2n1. The van der Waals surface area contributed by atoms with Crippen molar-refractivity contribution in [2.45, 2.75) is 18.9 Å². The number of ether oxygens (including phenoxy) is 1. The number of rotatable bonds is 2. The van der Waals surface area contributed by atoms with Gasteiger partial charge in [0.05, 0.1) is 24.7 Å². The van der Waals surface area contributed by atoms with Crippen LogP contribution >= 0.6 is 0 Å². The molecule has 1 aliphatic rings. The first-order valence-electron chi connectivity index (χ1n) is 6.39. The number of pyridine rings is 1. The van der Waals surface area contributed by atoms with Crippen molar-refractivity contribution in [1.82, 2.24) is 14.5 Å². The van der Waals surface area contributed by atoms with Crippen LogP contribution in [-0.4, -0.2) is 41.6 Å². The highest BCUT2D eigenvalue weighted by Gasteiger charge is 2.29. The van der Waals surface area contributed by atoms with E-state index in [2.05, 4.69) is 9.97 Å². The zero-order valence-corrected chi connectivity index (χ0v) is 11.9. The Morgan fingerprint density at radius 3 is 2.90 bits per heavy atom. The molecule has 0 radical (unpaired) electrons. The Balaban J connectivity index is 2.12. The number of nitrogens with two attached hydrogens (primary N) is 1. The molecule has 20 heavy (non-hydrogen) atoms. The molecule has 2 N–H and O–H groups in total. The lowest BCUT2D eigenvalue weighted by Crippen LogP contribution is -2.28. The van der Waals surface area contributed by atoms with Crippen molar-refractivity contribution < 1.29 is 13.2 Å². The van der Waals surface area contributed by atoms with Crippen molar-refractivity contribution in [1.29, 1.82) is 0 Å². The largest absolute Gasteiger partial charge is 0.481 e. The lowest BCUT2D eigenvalue weighted by atomic mass is 10.2. The molecule has 0 spiro atoms. The van der Waals surface area contributed by atoms with Crippen LogP contribution in [-0.2, 0) is 9.84 Å².